The van der Waals surface area contributed by atoms with E-state index in [1.54, 1.807) is 32.2 Å². The van der Waals surface area contributed by atoms with E-state index in [0.717, 1.165) is 11.3 Å². The number of nitrogens with zero attached hydrogens (tertiary/aromatic N) is 1. The summed E-state index contributed by atoms with van der Waals surface area (Å²) in [7, 11) is 1.57. The van der Waals surface area contributed by atoms with Crippen molar-refractivity contribution in [1.82, 2.24) is 5.43 Å². The van der Waals surface area contributed by atoms with Crippen molar-refractivity contribution in [2.75, 3.05) is 19.0 Å². The highest BCUT2D eigenvalue weighted by Gasteiger charge is 2.05. The van der Waals surface area contributed by atoms with E-state index in [-0.39, 0.29) is 18.3 Å². The average Bonchev–Trinajstić information content (AvgIpc) is 2.58. The molecule has 0 radical (unpaired) electrons. The number of nitrogens with one attached hydrogen (secondary N) is 2. The zero-order valence-electron chi connectivity index (χ0n) is 13.0. The van der Waals surface area contributed by atoms with E-state index in [2.05, 4.69) is 15.8 Å². The summed E-state index contributed by atoms with van der Waals surface area (Å²) >= 11 is 0. The maximum atomic E-state index is 12.9. The predicted molar refractivity (Wildman–Crippen MR) is 88.2 cm³/mol. The first kappa shape index (κ1) is 16.5. The Kier molecular flexibility index (Phi) is 5.68. The number of anilines is 1. The Morgan fingerprint density at radius 1 is 1.17 bits per heavy atom. The van der Waals surface area contributed by atoms with Gasteiger partial charge in [-0.05, 0) is 36.8 Å². The van der Waals surface area contributed by atoms with Gasteiger partial charge < -0.3 is 10.1 Å². The Morgan fingerprint density at radius 2 is 1.87 bits per heavy atom. The van der Waals surface area contributed by atoms with E-state index >= 15 is 0 Å². The number of hydrazone groups is 1. The average molecular weight is 315 g/mol. The lowest BCUT2D eigenvalue weighted by molar-refractivity contribution is -0.119. The number of halogens is 1. The Labute approximate surface area is 134 Å². The van der Waals surface area contributed by atoms with E-state index in [9.17, 15) is 9.18 Å². The summed E-state index contributed by atoms with van der Waals surface area (Å²) in [6.45, 7) is 1.79. The highest BCUT2D eigenvalue weighted by atomic mass is 19.1. The van der Waals surface area contributed by atoms with Crippen molar-refractivity contribution in [2.45, 2.75) is 6.92 Å². The molecule has 2 aromatic carbocycles. The van der Waals surface area contributed by atoms with Gasteiger partial charge in [0.2, 0.25) is 0 Å². The van der Waals surface area contributed by atoms with Crippen LogP contribution in [0.4, 0.5) is 10.1 Å². The summed E-state index contributed by atoms with van der Waals surface area (Å²) in [4.78, 5) is 11.8. The lowest BCUT2D eigenvalue weighted by Crippen LogP contribution is -2.26. The third-order valence-electron chi connectivity index (χ3n) is 3.16. The van der Waals surface area contributed by atoms with Crippen LogP contribution in [0.15, 0.2) is 53.6 Å². The lowest BCUT2D eigenvalue weighted by atomic mass is 10.1. The number of hydrogen-bond acceptors (Lipinski definition) is 4. The van der Waals surface area contributed by atoms with Crippen LogP contribution in [-0.2, 0) is 4.79 Å². The maximum Gasteiger partial charge on any atom is 0.259 e. The fraction of sp³-hybridized carbons (Fsp3) is 0.176. The molecule has 0 atom stereocenters. The molecule has 0 fully saturated rings. The molecule has 0 bridgehead atoms. The highest BCUT2D eigenvalue weighted by Crippen LogP contribution is 2.22. The van der Waals surface area contributed by atoms with Crippen LogP contribution in [0.2, 0.25) is 0 Å². The fourth-order valence-electron chi connectivity index (χ4n) is 1.91. The number of benzene rings is 2. The molecular formula is C17H18FN3O2. The third-order valence-corrected chi connectivity index (χ3v) is 3.16. The number of amides is 1. The van der Waals surface area contributed by atoms with Gasteiger partial charge in [-0.25, -0.2) is 9.82 Å². The summed E-state index contributed by atoms with van der Waals surface area (Å²) in [5.74, 6) is 0.0512. The molecule has 0 spiro atoms. The third kappa shape index (κ3) is 4.81. The monoisotopic (exact) mass is 315 g/mol. The van der Waals surface area contributed by atoms with Crippen LogP contribution >= 0.6 is 0 Å². The minimum atomic E-state index is -0.313. The van der Waals surface area contributed by atoms with Crippen LogP contribution < -0.4 is 15.5 Å². The molecule has 0 heterocycles. The van der Waals surface area contributed by atoms with Crippen LogP contribution in [0.25, 0.3) is 0 Å². The van der Waals surface area contributed by atoms with Gasteiger partial charge in [-0.15, -0.1) is 0 Å². The molecule has 23 heavy (non-hydrogen) atoms. The number of methoxy groups -OCH3 is 1. The lowest BCUT2D eigenvalue weighted by Gasteiger charge is -2.10. The summed E-state index contributed by atoms with van der Waals surface area (Å²) < 4.78 is 18.1. The van der Waals surface area contributed by atoms with Crippen LogP contribution in [-0.4, -0.2) is 25.3 Å². The quantitative estimate of drug-likeness (QED) is 0.636. The van der Waals surface area contributed by atoms with Gasteiger partial charge >= 0.3 is 0 Å². The Bertz CT molecular complexity index is 699. The van der Waals surface area contributed by atoms with Crippen molar-refractivity contribution in [3.8, 4) is 5.75 Å². The predicted octanol–water partition coefficient (Wildman–Crippen LogP) is 2.79. The number of rotatable bonds is 6. The minimum absolute atomic E-state index is 0.0561. The number of hydrogen-bond donors (Lipinski definition) is 2. The van der Waals surface area contributed by atoms with Crippen molar-refractivity contribution in [1.29, 1.82) is 0 Å². The van der Waals surface area contributed by atoms with Crippen molar-refractivity contribution >= 4 is 17.3 Å². The van der Waals surface area contributed by atoms with Crippen LogP contribution in [0.1, 0.15) is 12.5 Å². The van der Waals surface area contributed by atoms with Gasteiger partial charge in [0, 0.05) is 0 Å². The van der Waals surface area contributed by atoms with Crippen LogP contribution in [0, 0.1) is 5.82 Å². The SMILES string of the molecule is COc1ccccc1NCC(=O)N/N=C(\C)c1ccc(F)cc1. The second-order valence-electron chi connectivity index (χ2n) is 4.79. The largest absolute Gasteiger partial charge is 0.495 e. The molecule has 1 amide bonds. The second kappa shape index (κ2) is 7.93. The molecule has 0 aliphatic rings. The second-order valence-corrected chi connectivity index (χ2v) is 4.79. The van der Waals surface area contributed by atoms with Crippen LogP contribution in [0.3, 0.4) is 0 Å². The molecule has 0 aliphatic carbocycles. The fourth-order valence-corrected chi connectivity index (χ4v) is 1.91. The van der Waals surface area contributed by atoms with Crippen LogP contribution in [0.5, 0.6) is 5.75 Å². The number of carbonyl (C=O) groups is 1. The minimum Gasteiger partial charge on any atom is -0.495 e. The number of carbonyl (C=O) groups excluding carboxylic acids is 1. The molecule has 120 valence electrons. The van der Waals surface area contributed by atoms with Gasteiger partial charge in [-0.2, -0.15) is 5.10 Å². The summed E-state index contributed by atoms with van der Waals surface area (Å²) in [5.41, 5.74) is 4.51. The molecule has 5 nitrogen and oxygen atoms in total. The molecule has 0 aromatic heterocycles. The normalized spacial score (nSPS) is 11.0. The first-order valence-electron chi connectivity index (χ1n) is 7.06. The zero-order valence-corrected chi connectivity index (χ0v) is 13.0. The molecule has 0 aliphatic heterocycles. The Hall–Kier alpha value is -2.89. The van der Waals surface area contributed by atoms with E-state index in [0.29, 0.717) is 11.5 Å². The molecule has 6 heteroatoms. The van der Waals surface area contributed by atoms with E-state index in [4.69, 9.17) is 4.74 Å². The first-order chi connectivity index (χ1) is 11.1. The summed E-state index contributed by atoms with van der Waals surface area (Å²) in [6.07, 6.45) is 0. The summed E-state index contributed by atoms with van der Waals surface area (Å²) in [6, 6.07) is 13.2. The van der Waals surface area contributed by atoms with Gasteiger partial charge in [-0.3, -0.25) is 4.79 Å². The van der Waals surface area contributed by atoms with Gasteiger partial charge in [0.15, 0.2) is 0 Å². The highest BCUT2D eigenvalue weighted by molar-refractivity contribution is 5.99. The number of para-hydroxylation sites is 2. The number of ether oxygens (including phenoxy) is 1. The maximum absolute atomic E-state index is 12.9. The van der Waals surface area contributed by atoms with Gasteiger partial charge in [0.25, 0.3) is 5.91 Å². The Balaban J connectivity index is 1.89. The molecule has 0 saturated heterocycles. The molecule has 2 aromatic rings. The van der Waals surface area contributed by atoms with Gasteiger partial charge in [0.05, 0.1) is 25.1 Å². The summed E-state index contributed by atoms with van der Waals surface area (Å²) in [5, 5.41) is 6.98. The first-order valence-corrected chi connectivity index (χ1v) is 7.06. The van der Waals surface area contributed by atoms with Crippen molar-refractivity contribution < 1.29 is 13.9 Å². The van der Waals surface area contributed by atoms with E-state index < -0.39 is 0 Å². The van der Waals surface area contributed by atoms with Gasteiger partial charge in [0.1, 0.15) is 11.6 Å². The molecule has 2 rings (SSSR count). The van der Waals surface area contributed by atoms with Crippen molar-refractivity contribution in [3.63, 3.8) is 0 Å². The standard InChI is InChI=1S/C17H18FN3O2/c1-12(13-7-9-14(18)10-8-13)20-21-17(22)11-19-15-5-3-4-6-16(15)23-2/h3-10,19H,11H2,1-2H3,(H,21,22)/b20-12+. The molecular weight excluding hydrogens is 297 g/mol. The zero-order chi connectivity index (χ0) is 16.7. The van der Waals surface area contributed by atoms with Crippen molar-refractivity contribution in [3.05, 3.63) is 59.9 Å². The molecule has 0 unspecified atom stereocenters. The van der Waals surface area contributed by atoms with E-state index in [1.165, 1.54) is 12.1 Å². The Morgan fingerprint density at radius 3 is 2.57 bits per heavy atom. The molecule has 2 N–H and O–H groups in total. The molecule has 0 saturated carbocycles. The van der Waals surface area contributed by atoms with Gasteiger partial charge in [-0.1, -0.05) is 24.3 Å². The smallest absolute Gasteiger partial charge is 0.259 e. The topological polar surface area (TPSA) is 62.7 Å². The van der Waals surface area contributed by atoms with E-state index in [1.807, 2.05) is 18.2 Å². The van der Waals surface area contributed by atoms with Crippen molar-refractivity contribution in [2.24, 2.45) is 5.10 Å².